The van der Waals surface area contributed by atoms with Crippen molar-refractivity contribution < 1.29 is 38.1 Å². The minimum absolute atomic E-state index is 0.135. The van der Waals surface area contributed by atoms with Crippen LogP contribution >= 0.6 is 23.2 Å². The van der Waals surface area contributed by atoms with Gasteiger partial charge in [-0.3, -0.25) is 9.59 Å². The van der Waals surface area contributed by atoms with Crippen LogP contribution in [-0.4, -0.2) is 75.6 Å². The lowest BCUT2D eigenvalue weighted by molar-refractivity contribution is -0.122. The standard InChI is InChI=1S/C36H28Cl2N4O8/c37-33-23(19-7-9-27-29(11-19)47-17-31(43)41(27)13-21-15-49-35(45)39-21)3-1-5-25(33)26-6-2-4-24(34(26)38)20-8-10-28-30(12-20)48-18-32(44)42(28)14-22-16-50-36(46)40-22/h1-12,21-22H,13-18H2,(H,39,45)(H,40,46). The topological polar surface area (TPSA) is 136 Å². The van der Waals surface area contributed by atoms with Crippen LogP contribution in [0.3, 0.4) is 0 Å². The van der Waals surface area contributed by atoms with E-state index in [4.69, 9.17) is 42.1 Å². The lowest BCUT2D eigenvalue weighted by Gasteiger charge is -2.31. The summed E-state index contributed by atoms with van der Waals surface area (Å²) in [7, 11) is 0. The smallest absolute Gasteiger partial charge is 0.407 e. The van der Waals surface area contributed by atoms with Crippen molar-refractivity contribution in [2.45, 2.75) is 12.1 Å². The van der Waals surface area contributed by atoms with E-state index < -0.39 is 12.2 Å². The Labute approximate surface area is 295 Å². The van der Waals surface area contributed by atoms with Crippen LogP contribution < -0.4 is 29.9 Å². The van der Waals surface area contributed by atoms with Crippen molar-refractivity contribution in [2.75, 3.05) is 49.3 Å². The van der Waals surface area contributed by atoms with Crippen LogP contribution in [0.25, 0.3) is 33.4 Å². The van der Waals surface area contributed by atoms with Crippen molar-refractivity contribution in [3.63, 3.8) is 0 Å². The van der Waals surface area contributed by atoms with Crippen LogP contribution in [0, 0.1) is 0 Å². The molecule has 12 nitrogen and oxygen atoms in total. The number of nitrogens with zero attached hydrogens (tertiary/aromatic N) is 2. The Hall–Kier alpha value is -5.46. The lowest BCUT2D eigenvalue weighted by atomic mass is 9.95. The summed E-state index contributed by atoms with van der Waals surface area (Å²) in [6, 6.07) is 21.8. The third-order valence-corrected chi connectivity index (χ3v) is 9.81. The Morgan fingerprint density at radius 2 is 1.00 bits per heavy atom. The monoisotopic (exact) mass is 714 g/mol. The van der Waals surface area contributed by atoms with Gasteiger partial charge in [0.1, 0.15) is 24.7 Å². The molecule has 0 aliphatic carbocycles. The molecule has 8 rings (SSSR count). The summed E-state index contributed by atoms with van der Waals surface area (Å²) in [5.74, 6) is 0.605. The summed E-state index contributed by atoms with van der Waals surface area (Å²) in [5, 5.41) is 6.37. The number of carbonyl (C=O) groups is 4. The van der Waals surface area contributed by atoms with Gasteiger partial charge in [-0.2, -0.15) is 0 Å². The first kappa shape index (κ1) is 31.8. The first-order chi connectivity index (χ1) is 24.2. The Morgan fingerprint density at radius 3 is 1.40 bits per heavy atom. The molecule has 0 saturated carbocycles. The van der Waals surface area contributed by atoms with Crippen molar-refractivity contribution in [3.05, 3.63) is 82.8 Å². The summed E-state index contributed by atoms with van der Waals surface area (Å²) < 4.78 is 21.6. The molecule has 4 amide bonds. The van der Waals surface area contributed by atoms with Gasteiger partial charge in [0.25, 0.3) is 11.8 Å². The third-order valence-electron chi connectivity index (χ3n) is 9.00. The van der Waals surface area contributed by atoms with E-state index >= 15 is 0 Å². The maximum Gasteiger partial charge on any atom is 0.407 e. The molecule has 4 aromatic carbocycles. The van der Waals surface area contributed by atoms with E-state index in [0.29, 0.717) is 32.9 Å². The van der Waals surface area contributed by atoms with Gasteiger partial charge in [-0.25, -0.2) is 9.59 Å². The SMILES string of the molecule is O=C1NC(CN2C(=O)COc3cc(-c4cccc(-c5cccc(-c6ccc7c(c6)OCC(=O)N7CC6COC(=O)N6)c5Cl)c4Cl)ccc32)CO1. The van der Waals surface area contributed by atoms with Crippen molar-refractivity contribution in [3.8, 4) is 44.9 Å². The van der Waals surface area contributed by atoms with Crippen molar-refractivity contribution >= 4 is 58.6 Å². The van der Waals surface area contributed by atoms with E-state index in [1.54, 1.807) is 21.9 Å². The van der Waals surface area contributed by atoms with E-state index in [1.807, 2.05) is 60.7 Å². The van der Waals surface area contributed by atoms with Gasteiger partial charge in [0.2, 0.25) is 0 Å². The van der Waals surface area contributed by atoms with Gasteiger partial charge >= 0.3 is 12.2 Å². The molecule has 0 bridgehead atoms. The minimum Gasteiger partial charge on any atom is -0.482 e. The quantitative estimate of drug-likeness (QED) is 0.250. The largest absolute Gasteiger partial charge is 0.482 e. The molecule has 2 atom stereocenters. The molecule has 0 spiro atoms. The predicted molar refractivity (Wildman–Crippen MR) is 185 cm³/mol. The minimum atomic E-state index is -0.503. The van der Waals surface area contributed by atoms with Crippen LogP contribution in [0.1, 0.15) is 0 Å². The predicted octanol–water partition coefficient (Wildman–Crippen LogP) is 5.66. The van der Waals surface area contributed by atoms with Gasteiger partial charge in [-0.1, -0.05) is 71.7 Å². The number of benzene rings is 4. The molecule has 4 aliphatic heterocycles. The highest BCUT2D eigenvalue weighted by molar-refractivity contribution is 6.39. The van der Waals surface area contributed by atoms with E-state index in [9.17, 15) is 19.2 Å². The van der Waals surface area contributed by atoms with Crippen molar-refractivity contribution in [1.82, 2.24) is 10.6 Å². The second-order valence-electron chi connectivity index (χ2n) is 12.2. The van der Waals surface area contributed by atoms with E-state index in [2.05, 4.69) is 10.6 Å². The molecule has 4 heterocycles. The summed E-state index contributed by atoms with van der Waals surface area (Å²) in [6.07, 6.45) is -1.01. The molecular formula is C36H28Cl2N4O8. The number of fused-ring (bicyclic) bond motifs is 2. The molecule has 2 N–H and O–H groups in total. The van der Waals surface area contributed by atoms with Gasteiger partial charge in [0, 0.05) is 35.3 Å². The van der Waals surface area contributed by atoms with Crippen molar-refractivity contribution in [2.24, 2.45) is 0 Å². The molecule has 0 radical (unpaired) electrons. The number of rotatable bonds is 7. The Kier molecular flexibility index (Phi) is 8.12. The molecule has 14 heteroatoms. The highest BCUT2D eigenvalue weighted by atomic mass is 35.5. The second-order valence-corrected chi connectivity index (χ2v) is 12.9. The number of alkyl carbamates (subject to hydrolysis) is 2. The Balaban J connectivity index is 1.08. The zero-order valence-corrected chi connectivity index (χ0v) is 27.8. The number of carbonyl (C=O) groups excluding carboxylic acids is 4. The van der Waals surface area contributed by atoms with Gasteiger partial charge in [0.15, 0.2) is 13.2 Å². The van der Waals surface area contributed by atoms with Crippen LogP contribution in [0.5, 0.6) is 11.5 Å². The summed E-state index contributed by atoms with van der Waals surface area (Å²) in [6.45, 7) is 0.609. The van der Waals surface area contributed by atoms with Crippen molar-refractivity contribution in [1.29, 1.82) is 0 Å². The van der Waals surface area contributed by atoms with E-state index in [1.165, 1.54) is 0 Å². The Morgan fingerprint density at radius 1 is 0.580 bits per heavy atom. The van der Waals surface area contributed by atoms with Gasteiger partial charge in [0.05, 0.1) is 33.5 Å². The number of cyclic esters (lactones) is 2. The average Bonchev–Trinajstić information content (AvgIpc) is 3.73. The van der Waals surface area contributed by atoms with Crippen LogP contribution in [-0.2, 0) is 19.1 Å². The van der Waals surface area contributed by atoms with E-state index in [0.717, 1.165) is 33.4 Å². The third kappa shape index (κ3) is 5.80. The zero-order chi connectivity index (χ0) is 34.5. The number of halogens is 2. The number of amides is 4. The molecule has 2 unspecified atom stereocenters. The summed E-state index contributed by atoms with van der Waals surface area (Å²) in [4.78, 5) is 51.7. The Bertz CT molecular complexity index is 1940. The maximum atomic E-state index is 12.7. The molecule has 50 heavy (non-hydrogen) atoms. The van der Waals surface area contributed by atoms with Crippen LogP contribution in [0.2, 0.25) is 10.0 Å². The molecule has 4 aromatic rings. The van der Waals surface area contributed by atoms with Gasteiger partial charge in [-0.15, -0.1) is 0 Å². The van der Waals surface area contributed by atoms with Gasteiger partial charge in [-0.05, 0) is 35.4 Å². The number of hydrogen-bond acceptors (Lipinski definition) is 8. The average molecular weight is 716 g/mol. The number of ether oxygens (including phenoxy) is 4. The highest BCUT2D eigenvalue weighted by Crippen LogP contribution is 2.45. The summed E-state index contributed by atoms with van der Waals surface area (Å²) in [5.41, 5.74) is 5.67. The fourth-order valence-corrected chi connectivity index (χ4v) is 7.23. The number of anilines is 2. The maximum absolute atomic E-state index is 12.7. The molecule has 254 valence electrons. The molecule has 0 aromatic heterocycles. The molecule has 4 aliphatic rings. The van der Waals surface area contributed by atoms with Gasteiger partial charge < -0.3 is 39.4 Å². The van der Waals surface area contributed by atoms with E-state index in [-0.39, 0.29) is 63.4 Å². The highest BCUT2D eigenvalue weighted by Gasteiger charge is 2.33. The second kappa shape index (κ2) is 12.8. The first-order valence-corrected chi connectivity index (χ1v) is 16.6. The lowest BCUT2D eigenvalue weighted by Crippen LogP contribution is -2.46. The van der Waals surface area contributed by atoms with Crippen LogP contribution in [0.15, 0.2) is 72.8 Å². The fourth-order valence-electron chi connectivity index (χ4n) is 6.56. The molecule has 2 fully saturated rings. The summed E-state index contributed by atoms with van der Waals surface area (Å²) >= 11 is 14.2. The molecule has 2 saturated heterocycles. The number of hydrogen-bond donors (Lipinski definition) is 2. The number of nitrogens with one attached hydrogen (secondary N) is 2. The molecular weight excluding hydrogens is 687 g/mol. The van der Waals surface area contributed by atoms with Crippen LogP contribution in [0.4, 0.5) is 21.0 Å². The normalized spacial score (nSPS) is 19.5. The first-order valence-electron chi connectivity index (χ1n) is 15.8. The zero-order valence-electron chi connectivity index (χ0n) is 26.2. The fraction of sp³-hybridized carbons (Fsp3) is 0.222.